The van der Waals surface area contributed by atoms with Crippen molar-refractivity contribution >= 4 is 17.5 Å². The van der Waals surface area contributed by atoms with Crippen LogP contribution in [-0.2, 0) is 16.1 Å². The van der Waals surface area contributed by atoms with Gasteiger partial charge < -0.3 is 20.1 Å². The summed E-state index contributed by atoms with van der Waals surface area (Å²) >= 11 is 0. The number of benzene rings is 2. The van der Waals surface area contributed by atoms with E-state index < -0.39 is 5.91 Å². The Morgan fingerprint density at radius 3 is 2.44 bits per heavy atom. The first-order valence-electron chi connectivity index (χ1n) is 7.86. The molecule has 0 saturated carbocycles. The Balaban J connectivity index is 1.89. The zero-order chi connectivity index (χ0) is 18.2. The standard InChI is InChI=1S/C19H22N2O4/c1-13-6-4-5-7-14(13)12-20-18(22)11-19(23)21-16-9-8-15(24-2)10-17(16)25-3/h4-10H,11-12H2,1-3H3,(H,20,22)(H,21,23). The first kappa shape index (κ1) is 18.3. The van der Waals surface area contributed by atoms with Gasteiger partial charge in [-0.2, -0.15) is 0 Å². The number of methoxy groups -OCH3 is 2. The van der Waals surface area contributed by atoms with Crippen molar-refractivity contribution in [3.05, 3.63) is 53.6 Å². The maximum Gasteiger partial charge on any atom is 0.233 e. The van der Waals surface area contributed by atoms with Crippen LogP contribution in [0.15, 0.2) is 42.5 Å². The summed E-state index contributed by atoms with van der Waals surface area (Å²) in [5.41, 5.74) is 2.60. The summed E-state index contributed by atoms with van der Waals surface area (Å²) in [5.74, 6) is 0.331. The molecule has 0 atom stereocenters. The van der Waals surface area contributed by atoms with Gasteiger partial charge in [0, 0.05) is 12.6 Å². The molecular weight excluding hydrogens is 320 g/mol. The summed E-state index contributed by atoms with van der Waals surface area (Å²) < 4.78 is 10.3. The Morgan fingerprint density at radius 2 is 1.76 bits per heavy atom. The predicted octanol–water partition coefficient (Wildman–Crippen LogP) is 2.66. The Morgan fingerprint density at radius 1 is 1.00 bits per heavy atom. The van der Waals surface area contributed by atoms with Crippen molar-refractivity contribution in [3.8, 4) is 11.5 Å². The lowest BCUT2D eigenvalue weighted by molar-refractivity contribution is -0.126. The maximum atomic E-state index is 12.1. The number of anilines is 1. The Hall–Kier alpha value is -3.02. The minimum absolute atomic E-state index is 0.263. The van der Waals surface area contributed by atoms with Gasteiger partial charge >= 0.3 is 0 Å². The Labute approximate surface area is 147 Å². The molecule has 0 aliphatic heterocycles. The lowest BCUT2D eigenvalue weighted by atomic mass is 10.1. The van der Waals surface area contributed by atoms with E-state index in [0.717, 1.165) is 11.1 Å². The van der Waals surface area contributed by atoms with Gasteiger partial charge in [0.05, 0.1) is 19.9 Å². The molecule has 132 valence electrons. The third-order valence-electron chi connectivity index (χ3n) is 3.74. The van der Waals surface area contributed by atoms with Crippen LogP contribution >= 0.6 is 0 Å². The van der Waals surface area contributed by atoms with Gasteiger partial charge in [-0.15, -0.1) is 0 Å². The van der Waals surface area contributed by atoms with Gasteiger partial charge in [-0.25, -0.2) is 0 Å². The molecule has 25 heavy (non-hydrogen) atoms. The average molecular weight is 342 g/mol. The zero-order valence-corrected chi connectivity index (χ0v) is 14.6. The monoisotopic (exact) mass is 342 g/mol. The number of carbonyl (C=O) groups is 2. The molecule has 2 aromatic rings. The number of carbonyl (C=O) groups excluding carboxylic acids is 2. The van der Waals surface area contributed by atoms with E-state index in [2.05, 4.69) is 10.6 Å². The smallest absolute Gasteiger partial charge is 0.233 e. The van der Waals surface area contributed by atoms with Crippen LogP contribution in [0.5, 0.6) is 11.5 Å². The van der Waals surface area contributed by atoms with Crippen molar-refractivity contribution in [1.29, 1.82) is 0 Å². The van der Waals surface area contributed by atoms with Crippen LogP contribution in [0.25, 0.3) is 0 Å². The second-order valence-electron chi connectivity index (χ2n) is 5.49. The molecule has 0 unspecified atom stereocenters. The van der Waals surface area contributed by atoms with Gasteiger partial charge in [-0.1, -0.05) is 24.3 Å². The lowest BCUT2D eigenvalue weighted by Gasteiger charge is -2.12. The highest BCUT2D eigenvalue weighted by molar-refractivity contribution is 6.04. The van der Waals surface area contributed by atoms with Crippen molar-refractivity contribution in [2.24, 2.45) is 0 Å². The topological polar surface area (TPSA) is 76.7 Å². The predicted molar refractivity (Wildman–Crippen MR) is 95.8 cm³/mol. The molecule has 2 N–H and O–H groups in total. The van der Waals surface area contributed by atoms with E-state index in [1.54, 1.807) is 25.3 Å². The molecule has 6 heteroatoms. The number of aryl methyl sites for hydroxylation is 1. The molecular formula is C19H22N2O4. The molecule has 0 spiro atoms. The van der Waals surface area contributed by atoms with E-state index in [1.807, 2.05) is 31.2 Å². The molecule has 0 aromatic heterocycles. The SMILES string of the molecule is COc1ccc(NC(=O)CC(=O)NCc2ccccc2C)c(OC)c1. The summed E-state index contributed by atoms with van der Waals surface area (Å²) in [6.07, 6.45) is -0.263. The summed E-state index contributed by atoms with van der Waals surface area (Å²) in [5, 5.41) is 5.43. The van der Waals surface area contributed by atoms with Crippen LogP contribution in [0, 0.1) is 6.92 Å². The van der Waals surface area contributed by atoms with Crippen molar-refractivity contribution in [2.75, 3.05) is 19.5 Å². The van der Waals surface area contributed by atoms with E-state index in [1.165, 1.54) is 7.11 Å². The van der Waals surface area contributed by atoms with Gasteiger partial charge in [-0.3, -0.25) is 9.59 Å². The van der Waals surface area contributed by atoms with E-state index >= 15 is 0 Å². The molecule has 6 nitrogen and oxygen atoms in total. The number of rotatable bonds is 7. The van der Waals surface area contributed by atoms with Gasteiger partial charge in [0.1, 0.15) is 17.9 Å². The molecule has 2 rings (SSSR count). The number of hydrogen-bond donors (Lipinski definition) is 2. The summed E-state index contributed by atoms with van der Waals surface area (Å²) in [4.78, 5) is 24.0. The zero-order valence-electron chi connectivity index (χ0n) is 14.6. The quantitative estimate of drug-likeness (QED) is 0.759. The molecule has 0 aliphatic carbocycles. The fourth-order valence-corrected chi connectivity index (χ4v) is 2.31. The average Bonchev–Trinajstić information content (AvgIpc) is 2.61. The van der Waals surface area contributed by atoms with E-state index in [9.17, 15) is 9.59 Å². The lowest BCUT2D eigenvalue weighted by Crippen LogP contribution is -2.28. The first-order valence-corrected chi connectivity index (χ1v) is 7.86. The molecule has 0 fully saturated rings. The van der Waals surface area contributed by atoms with Crippen molar-refractivity contribution in [3.63, 3.8) is 0 Å². The minimum Gasteiger partial charge on any atom is -0.497 e. The Kier molecular flexibility index (Phi) is 6.39. The highest BCUT2D eigenvalue weighted by Crippen LogP contribution is 2.29. The van der Waals surface area contributed by atoms with E-state index in [0.29, 0.717) is 23.7 Å². The van der Waals surface area contributed by atoms with Crippen molar-refractivity contribution in [2.45, 2.75) is 19.9 Å². The van der Waals surface area contributed by atoms with Gasteiger partial charge in [0.2, 0.25) is 11.8 Å². The Bertz CT molecular complexity index is 759. The van der Waals surface area contributed by atoms with Crippen LogP contribution in [0.1, 0.15) is 17.5 Å². The third kappa shape index (κ3) is 5.24. The van der Waals surface area contributed by atoms with Crippen molar-refractivity contribution in [1.82, 2.24) is 5.32 Å². The molecule has 0 bridgehead atoms. The number of amides is 2. The van der Waals surface area contributed by atoms with Crippen molar-refractivity contribution < 1.29 is 19.1 Å². The first-order chi connectivity index (χ1) is 12.0. The molecule has 0 saturated heterocycles. The van der Waals surface area contributed by atoms with E-state index in [4.69, 9.17) is 9.47 Å². The normalized spacial score (nSPS) is 10.0. The molecule has 0 heterocycles. The molecule has 0 radical (unpaired) electrons. The molecule has 2 aromatic carbocycles. The number of nitrogens with one attached hydrogen (secondary N) is 2. The highest BCUT2D eigenvalue weighted by Gasteiger charge is 2.13. The fourth-order valence-electron chi connectivity index (χ4n) is 2.31. The van der Waals surface area contributed by atoms with Crippen LogP contribution in [0.2, 0.25) is 0 Å². The fraction of sp³-hybridized carbons (Fsp3) is 0.263. The summed E-state index contributed by atoms with van der Waals surface area (Å²) in [7, 11) is 3.05. The summed E-state index contributed by atoms with van der Waals surface area (Å²) in [6, 6.07) is 12.8. The molecule has 2 amide bonds. The van der Waals surface area contributed by atoms with Crippen LogP contribution in [0.4, 0.5) is 5.69 Å². The molecule has 0 aliphatic rings. The van der Waals surface area contributed by atoms with Crippen LogP contribution in [0.3, 0.4) is 0 Å². The van der Waals surface area contributed by atoms with Crippen LogP contribution < -0.4 is 20.1 Å². The van der Waals surface area contributed by atoms with Gasteiger partial charge in [0.25, 0.3) is 0 Å². The summed E-state index contributed by atoms with van der Waals surface area (Å²) in [6.45, 7) is 2.37. The van der Waals surface area contributed by atoms with Gasteiger partial charge in [0.15, 0.2) is 0 Å². The number of hydrogen-bond acceptors (Lipinski definition) is 4. The third-order valence-corrected chi connectivity index (χ3v) is 3.74. The van der Waals surface area contributed by atoms with E-state index in [-0.39, 0.29) is 12.3 Å². The number of ether oxygens (including phenoxy) is 2. The minimum atomic E-state index is -0.411. The maximum absolute atomic E-state index is 12.1. The van der Waals surface area contributed by atoms with Crippen LogP contribution in [-0.4, -0.2) is 26.0 Å². The largest absolute Gasteiger partial charge is 0.497 e. The van der Waals surface area contributed by atoms with Gasteiger partial charge in [-0.05, 0) is 30.2 Å². The highest BCUT2D eigenvalue weighted by atomic mass is 16.5. The second-order valence-corrected chi connectivity index (χ2v) is 5.49. The second kappa shape index (κ2) is 8.73.